The predicted molar refractivity (Wildman–Crippen MR) is 149 cm³/mol. The minimum atomic E-state index is -1.39. The molecule has 0 spiro atoms. The van der Waals surface area contributed by atoms with E-state index in [1.165, 1.54) is 36.1 Å². The fourth-order valence-electron chi connectivity index (χ4n) is 5.52. The zero-order valence-electron chi connectivity index (χ0n) is 23.0. The normalized spacial score (nSPS) is 27.4. The number of ether oxygens (including phenoxy) is 3. The molecule has 5 rings (SSSR count). The predicted octanol–water partition coefficient (Wildman–Crippen LogP) is 2.54. The van der Waals surface area contributed by atoms with Crippen LogP contribution in [0.3, 0.4) is 0 Å². The fourth-order valence-corrected chi connectivity index (χ4v) is 6.11. The van der Waals surface area contributed by atoms with Gasteiger partial charge in [0.05, 0.1) is 32.1 Å². The second-order valence-electron chi connectivity index (χ2n) is 10.4. The van der Waals surface area contributed by atoms with Crippen LogP contribution in [0.2, 0.25) is 0 Å². The van der Waals surface area contributed by atoms with Crippen LogP contribution < -0.4 is 9.64 Å². The number of halogens is 3. The van der Waals surface area contributed by atoms with Gasteiger partial charge in [-0.15, -0.1) is 5.10 Å². The van der Waals surface area contributed by atoms with Gasteiger partial charge in [0, 0.05) is 22.8 Å². The van der Waals surface area contributed by atoms with Crippen molar-refractivity contribution < 1.29 is 43.1 Å². The lowest BCUT2D eigenvalue weighted by molar-refractivity contribution is -0.211. The summed E-state index contributed by atoms with van der Waals surface area (Å²) < 4.78 is 46.8. The summed E-state index contributed by atoms with van der Waals surface area (Å²) in [5.74, 6) is -3.16. The van der Waals surface area contributed by atoms with Gasteiger partial charge in [-0.1, -0.05) is 21.1 Å². The third-order valence-electron chi connectivity index (χ3n) is 7.79. The summed E-state index contributed by atoms with van der Waals surface area (Å²) in [5, 5.41) is 40.0. The van der Waals surface area contributed by atoms with Gasteiger partial charge in [-0.05, 0) is 55.7 Å². The van der Waals surface area contributed by atoms with Crippen molar-refractivity contribution in [2.24, 2.45) is 0 Å². The summed E-state index contributed by atoms with van der Waals surface area (Å²) in [4.78, 5) is 15.8. The lowest BCUT2D eigenvalue weighted by atomic mass is 9.85. The van der Waals surface area contributed by atoms with Crippen LogP contribution in [-0.2, 0) is 14.3 Å². The molecular formula is C28H31BrF2N4O7. The highest BCUT2D eigenvalue weighted by atomic mass is 79.9. The van der Waals surface area contributed by atoms with Gasteiger partial charge in [0.2, 0.25) is 5.82 Å². The molecule has 1 saturated heterocycles. The van der Waals surface area contributed by atoms with Crippen LogP contribution in [0.25, 0.3) is 11.3 Å². The van der Waals surface area contributed by atoms with Crippen LogP contribution in [0.1, 0.15) is 24.4 Å². The average molecular weight is 653 g/mol. The van der Waals surface area contributed by atoms with Gasteiger partial charge in [0.15, 0.2) is 17.7 Å². The SMILES string of the molecule is COc1cc(-c2cn(C3C(O)C(CO)OC(C(=O)N(c4cc(C)cc(Br)c4)[C@@H]4CC[C@H]4O)C3OC)nn2)cc(F)c1F. The molecule has 3 N–H and O–H groups in total. The Bertz CT molecular complexity index is 1440. The molecule has 1 aromatic heterocycles. The maximum absolute atomic E-state index is 14.3. The highest BCUT2D eigenvalue weighted by Gasteiger charge is 2.52. The summed E-state index contributed by atoms with van der Waals surface area (Å²) in [6, 6.07) is 6.05. The van der Waals surface area contributed by atoms with Crippen molar-refractivity contribution in [3.05, 3.63) is 58.2 Å². The minimum Gasteiger partial charge on any atom is -0.494 e. The molecule has 5 unspecified atom stereocenters. The fraction of sp³-hybridized carbons (Fsp3) is 0.464. The van der Waals surface area contributed by atoms with Crippen LogP contribution in [0.4, 0.5) is 14.5 Å². The number of rotatable bonds is 8. The number of aliphatic hydroxyl groups excluding tert-OH is 3. The third-order valence-corrected chi connectivity index (χ3v) is 8.24. The average Bonchev–Trinajstić information content (AvgIpc) is 3.44. The molecule has 1 aliphatic carbocycles. The minimum absolute atomic E-state index is 0.132. The molecule has 14 heteroatoms. The number of amides is 1. The first kappa shape index (κ1) is 30.4. The summed E-state index contributed by atoms with van der Waals surface area (Å²) in [7, 11) is 2.55. The zero-order chi connectivity index (χ0) is 30.3. The molecule has 7 atom stereocenters. The van der Waals surface area contributed by atoms with Crippen molar-refractivity contribution in [1.29, 1.82) is 0 Å². The van der Waals surface area contributed by atoms with E-state index in [0.717, 1.165) is 16.1 Å². The van der Waals surface area contributed by atoms with Crippen molar-refractivity contribution in [1.82, 2.24) is 15.0 Å². The number of carbonyl (C=O) groups is 1. The van der Waals surface area contributed by atoms with E-state index in [1.54, 1.807) is 6.07 Å². The number of anilines is 1. The molecule has 2 heterocycles. The largest absolute Gasteiger partial charge is 0.494 e. The van der Waals surface area contributed by atoms with E-state index < -0.39 is 66.8 Å². The van der Waals surface area contributed by atoms with Gasteiger partial charge in [-0.25, -0.2) is 9.07 Å². The molecule has 2 aliphatic rings. The standard InChI is InChI=1S/C28H31BrF2N4O7/c1-13-6-15(29)10-16(7-13)35(19-4-5-20(19)37)28(39)27-26(41-3)24(25(38)22(12-36)42-27)34-11-18(32-33-34)14-8-17(30)23(31)21(9-14)40-2/h6-11,19-20,22,24-27,36-38H,4-5,12H2,1-3H3/t19-,20-,22?,24?,25?,26?,27?/m1/s1. The Kier molecular flexibility index (Phi) is 8.92. The van der Waals surface area contributed by atoms with Crippen molar-refractivity contribution in [2.75, 3.05) is 25.7 Å². The van der Waals surface area contributed by atoms with E-state index in [-0.39, 0.29) is 17.0 Å². The van der Waals surface area contributed by atoms with Gasteiger partial charge in [-0.3, -0.25) is 4.79 Å². The number of methoxy groups -OCH3 is 2. The Morgan fingerprint density at radius 3 is 2.55 bits per heavy atom. The topological polar surface area (TPSA) is 139 Å². The van der Waals surface area contributed by atoms with Crippen molar-refractivity contribution in [2.45, 2.75) is 62.4 Å². The molecular weight excluding hydrogens is 622 g/mol. The first-order valence-corrected chi connectivity index (χ1v) is 14.1. The van der Waals surface area contributed by atoms with Gasteiger partial charge in [0.1, 0.15) is 30.0 Å². The van der Waals surface area contributed by atoms with Crippen LogP contribution in [0, 0.1) is 18.6 Å². The number of aryl methyl sites for hydroxylation is 1. The Balaban J connectivity index is 1.53. The number of nitrogens with zero attached hydrogens (tertiary/aromatic N) is 4. The maximum Gasteiger partial charge on any atom is 0.259 e. The Morgan fingerprint density at radius 1 is 1.19 bits per heavy atom. The summed E-state index contributed by atoms with van der Waals surface area (Å²) in [6.45, 7) is 1.25. The Morgan fingerprint density at radius 2 is 1.95 bits per heavy atom. The molecule has 11 nitrogen and oxygen atoms in total. The molecule has 1 saturated carbocycles. The third kappa shape index (κ3) is 5.54. The molecule has 42 heavy (non-hydrogen) atoms. The van der Waals surface area contributed by atoms with Crippen LogP contribution >= 0.6 is 15.9 Å². The molecule has 0 radical (unpaired) electrons. The summed E-state index contributed by atoms with van der Waals surface area (Å²) in [5.41, 5.74) is 1.71. The molecule has 1 amide bonds. The maximum atomic E-state index is 14.3. The van der Waals surface area contributed by atoms with E-state index in [0.29, 0.717) is 18.5 Å². The number of aromatic nitrogens is 3. The first-order valence-electron chi connectivity index (χ1n) is 13.3. The molecule has 3 aromatic rings. The van der Waals surface area contributed by atoms with Gasteiger partial charge in [-0.2, -0.15) is 4.39 Å². The molecule has 1 aliphatic heterocycles. The van der Waals surface area contributed by atoms with E-state index in [9.17, 15) is 28.9 Å². The lowest BCUT2D eigenvalue weighted by Crippen LogP contribution is -2.64. The first-order chi connectivity index (χ1) is 20.1. The molecule has 2 fully saturated rings. The zero-order valence-corrected chi connectivity index (χ0v) is 24.6. The number of aliphatic hydroxyl groups is 3. The van der Waals surface area contributed by atoms with Gasteiger partial charge in [0.25, 0.3) is 5.91 Å². The number of carbonyl (C=O) groups excluding carboxylic acids is 1. The molecule has 2 aromatic carbocycles. The number of benzene rings is 2. The molecule has 0 bridgehead atoms. The highest BCUT2D eigenvalue weighted by molar-refractivity contribution is 9.10. The van der Waals surface area contributed by atoms with Gasteiger partial charge >= 0.3 is 0 Å². The van der Waals surface area contributed by atoms with Crippen molar-refractivity contribution in [3.63, 3.8) is 0 Å². The van der Waals surface area contributed by atoms with Crippen molar-refractivity contribution >= 4 is 27.5 Å². The number of hydrogen-bond acceptors (Lipinski definition) is 9. The summed E-state index contributed by atoms with van der Waals surface area (Å²) in [6.07, 6.45) is -3.34. The lowest BCUT2D eigenvalue weighted by Gasteiger charge is -2.47. The van der Waals surface area contributed by atoms with Crippen LogP contribution in [0.15, 0.2) is 41.0 Å². The van der Waals surface area contributed by atoms with Gasteiger partial charge < -0.3 is 34.4 Å². The second-order valence-corrected chi connectivity index (χ2v) is 11.3. The Hall–Kier alpha value is -3.01. The van der Waals surface area contributed by atoms with E-state index in [1.807, 2.05) is 19.1 Å². The molecule has 226 valence electrons. The number of hydrogen-bond donors (Lipinski definition) is 3. The van der Waals surface area contributed by atoms with Crippen LogP contribution in [0.5, 0.6) is 5.75 Å². The summed E-state index contributed by atoms with van der Waals surface area (Å²) >= 11 is 3.47. The van der Waals surface area contributed by atoms with Crippen LogP contribution in [-0.4, -0.2) is 93.6 Å². The van der Waals surface area contributed by atoms with E-state index >= 15 is 0 Å². The van der Waals surface area contributed by atoms with E-state index in [4.69, 9.17) is 14.2 Å². The Labute approximate surface area is 248 Å². The monoisotopic (exact) mass is 652 g/mol. The van der Waals surface area contributed by atoms with E-state index in [2.05, 4.69) is 26.2 Å². The van der Waals surface area contributed by atoms with Crippen molar-refractivity contribution in [3.8, 4) is 17.0 Å². The second kappa shape index (κ2) is 12.3. The quantitative estimate of drug-likeness (QED) is 0.335. The highest BCUT2D eigenvalue weighted by Crippen LogP contribution is 2.38. The smallest absolute Gasteiger partial charge is 0.259 e.